The molecule has 0 aromatic carbocycles. The summed E-state index contributed by atoms with van der Waals surface area (Å²) in [4.78, 5) is 10.8. The van der Waals surface area contributed by atoms with Crippen LogP contribution in [0.25, 0.3) is 0 Å². The van der Waals surface area contributed by atoms with E-state index >= 15 is 0 Å². The normalized spacial score (nSPS) is 12.5. The van der Waals surface area contributed by atoms with Crippen LogP contribution in [-0.2, 0) is 6.54 Å². The fourth-order valence-electron chi connectivity index (χ4n) is 1.38. The van der Waals surface area contributed by atoms with Crippen molar-refractivity contribution in [2.75, 3.05) is 31.0 Å². The summed E-state index contributed by atoms with van der Waals surface area (Å²) >= 11 is 1.84. The molecule has 0 amide bonds. The lowest BCUT2D eigenvalue weighted by atomic mass is 10.3. The van der Waals surface area contributed by atoms with E-state index in [1.165, 1.54) is 0 Å². The predicted molar refractivity (Wildman–Crippen MR) is 71.0 cm³/mol. The average molecular weight is 240 g/mol. The zero-order valence-corrected chi connectivity index (χ0v) is 11.2. The Morgan fingerprint density at radius 3 is 2.56 bits per heavy atom. The van der Waals surface area contributed by atoms with E-state index < -0.39 is 0 Å². The Morgan fingerprint density at radius 2 is 2.06 bits per heavy atom. The molecule has 90 valence electrons. The number of hydrogen-bond donors (Lipinski definition) is 1. The molecule has 5 heteroatoms. The van der Waals surface area contributed by atoms with E-state index in [-0.39, 0.29) is 0 Å². The molecule has 0 fully saturated rings. The van der Waals surface area contributed by atoms with E-state index in [0.29, 0.717) is 6.04 Å². The van der Waals surface area contributed by atoms with Crippen molar-refractivity contribution < 1.29 is 0 Å². The molecule has 0 spiro atoms. The lowest BCUT2D eigenvalue weighted by Gasteiger charge is -2.24. The maximum Gasteiger partial charge on any atom is 0.225 e. The fraction of sp³-hybridized carbons (Fsp3) is 0.636. The van der Waals surface area contributed by atoms with Crippen LogP contribution in [0.5, 0.6) is 0 Å². The third-order valence-electron chi connectivity index (χ3n) is 2.46. The van der Waals surface area contributed by atoms with Gasteiger partial charge in [0.1, 0.15) is 0 Å². The molecule has 1 unspecified atom stereocenters. The molecule has 1 atom stereocenters. The number of thioether (sulfide) groups is 1. The third-order valence-corrected chi connectivity index (χ3v) is 3.27. The maximum atomic E-state index is 4.37. The SMILES string of the molecule is CNCc1cnc(N(C)C(C)CSC)nc1. The van der Waals surface area contributed by atoms with Crippen molar-refractivity contribution in [1.82, 2.24) is 15.3 Å². The highest BCUT2D eigenvalue weighted by atomic mass is 32.2. The van der Waals surface area contributed by atoms with Crippen molar-refractivity contribution >= 4 is 17.7 Å². The summed E-state index contributed by atoms with van der Waals surface area (Å²) in [5.74, 6) is 1.87. The van der Waals surface area contributed by atoms with Crippen LogP contribution in [0.3, 0.4) is 0 Å². The topological polar surface area (TPSA) is 41.1 Å². The summed E-state index contributed by atoms with van der Waals surface area (Å²) in [6, 6.07) is 0.449. The smallest absolute Gasteiger partial charge is 0.225 e. The first kappa shape index (κ1) is 13.3. The summed E-state index contributed by atoms with van der Waals surface area (Å²) in [6.45, 7) is 2.99. The maximum absolute atomic E-state index is 4.37. The summed E-state index contributed by atoms with van der Waals surface area (Å²) in [5.41, 5.74) is 1.11. The summed E-state index contributed by atoms with van der Waals surface area (Å²) < 4.78 is 0. The number of anilines is 1. The highest BCUT2D eigenvalue weighted by Crippen LogP contribution is 2.11. The second-order valence-electron chi connectivity index (χ2n) is 3.84. The number of rotatable bonds is 6. The molecule has 1 rings (SSSR count). The molecule has 1 N–H and O–H groups in total. The van der Waals surface area contributed by atoms with Crippen LogP contribution in [-0.4, -0.2) is 42.1 Å². The molecule has 0 radical (unpaired) electrons. The van der Waals surface area contributed by atoms with Crippen molar-refractivity contribution in [3.63, 3.8) is 0 Å². The molecule has 0 saturated heterocycles. The lowest BCUT2D eigenvalue weighted by Crippen LogP contribution is -2.32. The largest absolute Gasteiger partial charge is 0.340 e. The molecule has 0 bridgehead atoms. The van der Waals surface area contributed by atoms with E-state index in [1.54, 1.807) is 0 Å². The van der Waals surface area contributed by atoms with Gasteiger partial charge in [0.15, 0.2) is 0 Å². The molecule has 0 aliphatic rings. The van der Waals surface area contributed by atoms with Crippen LogP contribution in [0.4, 0.5) is 5.95 Å². The van der Waals surface area contributed by atoms with Crippen molar-refractivity contribution in [3.8, 4) is 0 Å². The highest BCUT2D eigenvalue weighted by Gasteiger charge is 2.11. The highest BCUT2D eigenvalue weighted by molar-refractivity contribution is 7.98. The Bertz CT molecular complexity index is 301. The Labute approximate surface area is 102 Å². The second kappa shape index (κ2) is 6.70. The van der Waals surface area contributed by atoms with Gasteiger partial charge in [0.2, 0.25) is 5.95 Å². The van der Waals surface area contributed by atoms with Gasteiger partial charge in [-0.1, -0.05) is 0 Å². The van der Waals surface area contributed by atoms with Gasteiger partial charge in [-0.3, -0.25) is 0 Å². The van der Waals surface area contributed by atoms with Gasteiger partial charge in [0, 0.05) is 43.3 Å². The third kappa shape index (κ3) is 3.64. The van der Waals surface area contributed by atoms with Gasteiger partial charge in [-0.05, 0) is 20.2 Å². The van der Waals surface area contributed by atoms with Gasteiger partial charge < -0.3 is 10.2 Å². The van der Waals surface area contributed by atoms with Gasteiger partial charge in [0.25, 0.3) is 0 Å². The minimum atomic E-state index is 0.449. The Balaban J connectivity index is 2.65. The summed E-state index contributed by atoms with van der Waals surface area (Å²) in [7, 11) is 3.95. The standard InChI is InChI=1S/C11H20N4S/c1-9(8-16-4)15(3)11-13-6-10(5-12-2)7-14-11/h6-7,9,12H,5,8H2,1-4H3. The van der Waals surface area contributed by atoms with Crippen LogP contribution >= 0.6 is 11.8 Å². The molecule has 0 saturated carbocycles. The lowest BCUT2D eigenvalue weighted by molar-refractivity contribution is 0.732. The first-order valence-corrected chi connectivity index (χ1v) is 6.75. The zero-order valence-electron chi connectivity index (χ0n) is 10.4. The van der Waals surface area contributed by atoms with Crippen LogP contribution in [0.2, 0.25) is 0 Å². The van der Waals surface area contributed by atoms with Crippen LogP contribution in [0.15, 0.2) is 12.4 Å². The van der Waals surface area contributed by atoms with Crippen LogP contribution < -0.4 is 10.2 Å². The Morgan fingerprint density at radius 1 is 1.44 bits per heavy atom. The molecule has 0 aliphatic carbocycles. The molecule has 0 aliphatic heterocycles. The first-order valence-electron chi connectivity index (χ1n) is 5.36. The number of hydrogen-bond acceptors (Lipinski definition) is 5. The van der Waals surface area contributed by atoms with Crippen molar-refractivity contribution in [2.45, 2.75) is 19.5 Å². The Kier molecular flexibility index (Phi) is 5.55. The van der Waals surface area contributed by atoms with E-state index in [4.69, 9.17) is 0 Å². The van der Waals surface area contributed by atoms with Gasteiger partial charge in [-0.25, -0.2) is 9.97 Å². The van der Waals surface area contributed by atoms with E-state index in [9.17, 15) is 0 Å². The zero-order chi connectivity index (χ0) is 12.0. The van der Waals surface area contributed by atoms with Gasteiger partial charge >= 0.3 is 0 Å². The van der Waals surface area contributed by atoms with Crippen molar-refractivity contribution in [1.29, 1.82) is 0 Å². The van der Waals surface area contributed by atoms with Crippen molar-refractivity contribution in [2.24, 2.45) is 0 Å². The number of aromatic nitrogens is 2. The quantitative estimate of drug-likeness (QED) is 0.813. The first-order chi connectivity index (χ1) is 7.69. The van der Waals surface area contributed by atoms with E-state index in [2.05, 4.69) is 33.4 Å². The van der Waals surface area contributed by atoms with Gasteiger partial charge in [-0.15, -0.1) is 0 Å². The molecular weight excluding hydrogens is 220 g/mol. The Hall–Kier alpha value is -0.810. The van der Waals surface area contributed by atoms with Gasteiger partial charge in [-0.2, -0.15) is 11.8 Å². The molecule has 1 aromatic rings. The monoisotopic (exact) mass is 240 g/mol. The van der Waals surface area contributed by atoms with E-state index in [0.717, 1.165) is 23.8 Å². The summed E-state index contributed by atoms with van der Waals surface area (Å²) in [6.07, 6.45) is 5.86. The number of nitrogens with one attached hydrogen (secondary N) is 1. The van der Waals surface area contributed by atoms with Crippen LogP contribution in [0, 0.1) is 0 Å². The molecule has 16 heavy (non-hydrogen) atoms. The predicted octanol–water partition coefficient (Wildman–Crippen LogP) is 1.38. The van der Waals surface area contributed by atoms with E-state index in [1.807, 2.05) is 38.3 Å². The minimum absolute atomic E-state index is 0.449. The number of nitrogens with zero attached hydrogens (tertiary/aromatic N) is 3. The van der Waals surface area contributed by atoms with Crippen molar-refractivity contribution in [3.05, 3.63) is 18.0 Å². The molecule has 1 heterocycles. The fourth-order valence-corrected chi connectivity index (χ4v) is 2.08. The second-order valence-corrected chi connectivity index (χ2v) is 4.75. The van der Waals surface area contributed by atoms with Crippen LogP contribution in [0.1, 0.15) is 12.5 Å². The molecular formula is C11H20N4S. The molecule has 1 aromatic heterocycles. The minimum Gasteiger partial charge on any atom is -0.340 e. The van der Waals surface area contributed by atoms with Gasteiger partial charge in [0.05, 0.1) is 0 Å². The average Bonchev–Trinajstić information content (AvgIpc) is 2.30. The molecule has 4 nitrogen and oxygen atoms in total. The summed E-state index contributed by atoms with van der Waals surface area (Å²) in [5, 5.41) is 3.08.